The molecule has 0 N–H and O–H groups in total. The standard InChI is InChI=1S/C21H23FN2O3S/c1-4-6-16-23-20-19(21(26)24(16)12-5-7-17(25)27-3)18(13(2)28-20)14-8-10-15(22)11-9-14/h8-11H,4-7,12H2,1-3H3. The zero-order valence-electron chi connectivity index (χ0n) is 16.3. The van der Waals surface area contributed by atoms with Crippen molar-refractivity contribution in [2.24, 2.45) is 0 Å². The first-order valence-electron chi connectivity index (χ1n) is 9.31. The topological polar surface area (TPSA) is 61.2 Å². The highest BCUT2D eigenvalue weighted by Crippen LogP contribution is 2.35. The van der Waals surface area contributed by atoms with Crippen LogP contribution >= 0.6 is 11.3 Å². The third kappa shape index (κ3) is 3.99. The summed E-state index contributed by atoms with van der Waals surface area (Å²) in [5, 5.41) is 0.562. The minimum Gasteiger partial charge on any atom is -0.469 e. The monoisotopic (exact) mass is 402 g/mol. The van der Waals surface area contributed by atoms with Crippen LogP contribution in [0.25, 0.3) is 21.3 Å². The molecule has 0 saturated carbocycles. The average molecular weight is 402 g/mol. The molecule has 5 nitrogen and oxygen atoms in total. The van der Waals surface area contributed by atoms with Crippen molar-refractivity contribution in [2.45, 2.75) is 46.1 Å². The van der Waals surface area contributed by atoms with E-state index in [4.69, 9.17) is 4.98 Å². The molecule has 0 atom stereocenters. The maximum Gasteiger partial charge on any atom is 0.305 e. The van der Waals surface area contributed by atoms with Gasteiger partial charge < -0.3 is 4.74 Å². The second-order valence-corrected chi connectivity index (χ2v) is 7.84. The zero-order valence-corrected chi connectivity index (χ0v) is 17.1. The summed E-state index contributed by atoms with van der Waals surface area (Å²) < 4.78 is 19.7. The van der Waals surface area contributed by atoms with Gasteiger partial charge in [0.15, 0.2) is 0 Å². The molecule has 3 aromatic rings. The Kier molecular flexibility index (Phi) is 6.24. The van der Waals surface area contributed by atoms with Gasteiger partial charge in [-0.1, -0.05) is 19.1 Å². The molecule has 0 bridgehead atoms. The Balaban J connectivity index is 2.13. The number of halogens is 1. The number of aromatic nitrogens is 2. The molecule has 0 spiro atoms. The van der Waals surface area contributed by atoms with Crippen molar-refractivity contribution in [3.8, 4) is 11.1 Å². The normalized spacial score (nSPS) is 11.1. The molecule has 7 heteroatoms. The van der Waals surface area contributed by atoms with E-state index >= 15 is 0 Å². The molecule has 2 heterocycles. The number of thiophene rings is 1. The Labute approximate surface area is 166 Å². The fourth-order valence-electron chi connectivity index (χ4n) is 3.33. The van der Waals surface area contributed by atoms with E-state index in [0.717, 1.165) is 28.2 Å². The summed E-state index contributed by atoms with van der Waals surface area (Å²) in [6.45, 7) is 4.40. The number of fused-ring (bicyclic) bond motifs is 1. The molecule has 0 amide bonds. The van der Waals surface area contributed by atoms with E-state index < -0.39 is 0 Å². The largest absolute Gasteiger partial charge is 0.469 e. The van der Waals surface area contributed by atoms with Crippen molar-refractivity contribution < 1.29 is 13.9 Å². The van der Waals surface area contributed by atoms with Crippen molar-refractivity contribution in [3.63, 3.8) is 0 Å². The van der Waals surface area contributed by atoms with Gasteiger partial charge in [0.05, 0.1) is 12.5 Å². The first kappa shape index (κ1) is 20.2. The van der Waals surface area contributed by atoms with Crippen LogP contribution in [0.1, 0.15) is 36.9 Å². The smallest absolute Gasteiger partial charge is 0.305 e. The fraction of sp³-hybridized carbons (Fsp3) is 0.381. The van der Waals surface area contributed by atoms with E-state index in [9.17, 15) is 14.0 Å². The number of hydrogen-bond acceptors (Lipinski definition) is 5. The number of ether oxygens (including phenoxy) is 1. The van der Waals surface area contributed by atoms with E-state index in [1.165, 1.54) is 30.6 Å². The second kappa shape index (κ2) is 8.65. The van der Waals surface area contributed by atoms with Crippen LogP contribution in [-0.2, 0) is 22.5 Å². The molecule has 3 rings (SSSR count). The predicted molar refractivity (Wildman–Crippen MR) is 109 cm³/mol. The zero-order chi connectivity index (χ0) is 20.3. The lowest BCUT2D eigenvalue weighted by Crippen LogP contribution is -2.25. The average Bonchev–Trinajstić information content (AvgIpc) is 3.01. The minimum absolute atomic E-state index is 0.109. The predicted octanol–water partition coefficient (Wildman–Crippen LogP) is 4.48. The molecule has 1 aromatic carbocycles. The number of carbonyl (C=O) groups excluding carboxylic acids is 1. The number of aryl methyl sites for hydroxylation is 2. The number of carbonyl (C=O) groups is 1. The van der Waals surface area contributed by atoms with E-state index in [1.807, 2.05) is 13.8 Å². The Morgan fingerprint density at radius 2 is 2.00 bits per heavy atom. The Bertz CT molecular complexity index is 1050. The molecule has 0 aliphatic heterocycles. The molecular weight excluding hydrogens is 379 g/mol. The van der Waals surface area contributed by atoms with Crippen LogP contribution in [0.5, 0.6) is 0 Å². The van der Waals surface area contributed by atoms with Crippen LogP contribution in [0.4, 0.5) is 4.39 Å². The lowest BCUT2D eigenvalue weighted by molar-refractivity contribution is -0.140. The maximum absolute atomic E-state index is 13.4. The molecular formula is C21H23FN2O3S. The summed E-state index contributed by atoms with van der Waals surface area (Å²) in [5.74, 6) is 0.124. The summed E-state index contributed by atoms with van der Waals surface area (Å²) in [7, 11) is 1.35. The van der Waals surface area contributed by atoms with Crippen molar-refractivity contribution >= 4 is 27.5 Å². The SMILES string of the molecule is CCCc1nc2sc(C)c(-c3ccc(F)cc3)c2c(=O)n1CCCC(=O)OC. The van der Waals surface area contributed by atoms with Gasteiger partial charge in [-0.15, -0.1) is 11.3 Å². The number of benzene rings is 1. The van der Waals surface area contributed by atoms with Crippen LogP contribution in [-0.4, -0.2) is 22.6 Å². The quantitative estimate of drug-likeness (QED) is 0.547. The molecule has 2 aromatic heterocycles. The Hall–Kier alpha value is -2.54. The van der Waals surface area contributed by atoms with E-state index in [0.29, 0.717) is 29.6 Å². The van der Waals surface area contributed by atoms with Gasteiger partial charge in [-0.3, -0.25) is 14.2 Å². The molecule has 28 heavy (non-hydrogen) atoms. The van der Waals surface area contributed by atoms with E-state index in [2.05, 4.69) is 4.74 Å². The highest BCUT2D eigenvalue weighted by molar-refractivity contribution is 7.19. The second-order valence-electron chi connectivity index (χ2n) is 6.63. The van der Waals surface area contributed by atoms with Crippen LogP contribution in [0, 0.1) is 12.7 Å². The van der Waals surface area contributed by atoms with Crippen LogP contribution in [0.2, 0.25) is 0 Å². The van der Waals surface area contributed by atoms with Gasteiger partial charge in [-0.2, -0.15) is 0 Å². The van der Waals surface area contributed by atoms with Crippen LogP contribution in [0.15, 0.2) is 29.1 Å². The fourth-order valence-corrected chi connectivity index (χ4v) is 4.38. The van der Waals surface area contributed by atoms with Gasteiger partial charge in [0.25, 0.3) is 5.56 Å². The van der Waals surface area contributed by atoms with Crippen molar-refractivity contribution in [2.75, 3.05) is 7.11 Å². The Morgan fingerprint density at radius 1 is 1.29 bits per heavy atom. The Morgan fingerprint density at radius 3 is 2.64 bits per heavy atom. The van der Waals surface area contributed by atoms with E-state index in [1.54, 1.807) is 16.7 Å². The van der Waals surface area contributed by atoms with Crippen LogP contribution < -0.4 is 5.56 Å². The summed E-state index contributed by atoms with van der Waals surface area (Å²) >= 11 is 1.48. The number of hydrogen-bond donors (Lipinski definition) is 0. The third-order valence-corrected chi connectivity index (χ3v) is 5.66. The third-order valence-electron chi connectivity index (χ3n) is 4.66. The molecule has 0 saturated heterocycles. The first-order chi connectivity index (χ1) is 13.5. The molecule has 0 fully saturated rings. The van der Waals surface area contributed by atoms with Gasteiger partial charge >= 0.3 is 5.97 Å². The number of rotatable bonds is 7. The van der Waals surface area contributed by atoms with Gasteiger partial charge in [-0.05, 0) is 37.5 Å². The van der Waals surface area contributed by atoms with E-state index in [-0.39, 0.29) is 23.8 Å². The summed E-state index contributed by atoms with van der Waals surface area (Å²) in [6.07, 6.45) is 2.31. The van der Waals surface area contributed by atoms with Gasteiger partial charge in [0.1, 0.15) is 16.5 Å². The lowest BCUT2D eigenvalue weighted by Gasteiger charge is -2.12. The summed E-state index contributed by atoms with van der Waals surface area (Å²) in [6, 6.07) is 6.16. The minimum atomic E-state index is -0.315. The lowest BCUT2D eigenvalue weighted by atomic mass is 10.0. The van der Waals surface area contributed by atoms with Gasteiger partial charge in [0, 0.05) is 29.8 Å². The van der Waals surface area contributed by atoms with Crippen molar-refractivity contribution in [1.82, 2.24) is 9.55 Å². The number of esters is 1. The van der Waals surface area contributed by atoms with Crippen molar-refractivity contribution in [1.29, 1.82) is 0 Å². The number of nitrogens with zero attached hydrogens (tertiary/aromatic N) is 2. The first-order valence-corrected chi connectivity index (χ1v) is 10.1. The maximum atomic E-state index is 13.4. The highest BCUT2D eigenvalue weighted by atomic mass is 32.1. The number of methoxy groups -OCH3 is 1. The summed E-state index contributed by atoms with van der Waals surface area (Å²) in [5.41, 5.74) is 1.50. The molecule has 0 radical (unpaired) electrons. The van der Waals surface area contributed by atoms with Gasteiger partial charge in [0.2, 0.25) is 0 Å². The molecule has 0 aliphatic rings. The molecule has 0 unspecified atom stereocenters. The highest BCUT2D eigenvalue weighted by Gasteiger charge is 2.19. The van der Waals surface area contributed by atoms with Gasteiger partial charge in [-0.25, -0.2) is 9.37 Å². The summed E-state index contributed by atoms with van der Waals surface area (Å²) in [4.78, 5) is 31.2. The molecule has 0 aliphatic carbocycles. The van der Waals surface area contributed by atoms with Crippen molar-refractivity contribution in [3.05, 3.63) is 51.1 Å². The van der Waals surface area contributed by atoms with Crippen LogP contribution in [0.3, 0.4) is 0 Å². The molecule has 148 valence electrons.